The number of rotatable bonds is 3. The minimum absolute atomic E-state index is 0.337. The third-order valence-corrected chi connectivity index (χ3v) is 6.61. The molecular formula is C23H14N2O2S2. The molecule has 2 amide bonds. The summed E-state index contributed by atoms with van der Waals surface area (Å²) in [6.07, 6.45) is 3.56. The van der Waals surface area contributed by atoms with Crippen LogP contribution in [0.25, 0.3) is 37.9 Å². The van der Waals surface area contributed by atoms with Crippen molar-refractivity contribution in [3.63, 3.8) is 0 Å². The summed E-state index contributed by atoms with van der Waals surface area (Å²) in [6.45, 7) is 0. The van der Waals surface area contributed by atoms with Crippen LogP contribution in [0.5, 0.6) is 0 Å². The van der Waals surface area contributed by atoms with Gasteiger partial charge in [0.15, 0.2) is 0 Å². The molecule has 1 N–H and O–H groups in total. The lowest BCUT2D eigenvalue weighted by atomic mass is 10.0. The number of pyridine rings is 1. The fraction of sp³-hybridized carbons (Fsp3) is 0. The van der Waals surface area contributed by atoms with Crippen LogP contribution in [0.4, 0.5) is 4.79 Å². The molecular weight excluding hydrogens is 400 g/mol. The second kappa shape index (κ2) is 7.31. The molecule has 1 aliphatic rings. The van der Waals surface area contributed by atoms with Gasteiger partial charge in [-0.25, -0.2) is 0 Å². The van der Waals surface area contributed by atoms with E-state index >= 15 is 0 Å². The maximum atomic E-state index is 11.8. The first kappa shape index (κ1) is 17.8. The van der Waals surface area contributed by atoms with Crippen LogP contribution in [0, 0.1) is 0 Å². The van der Waals surface area contributed by atoms with Crippen molar-refractivity contribution in [1.29, 1.82) is 0 Å². The van der Waals surface area contributed by atoms with E-state index in [0.29, 0.717) is 4.91 Å². The number of thioether (sulfide) groups is 1. The van der Waals surface area contributed by atoms with E-state index < -0.39 is 0 Å². The molecule has 5 rings (SSSR count). The van der Waals surface area contributed by atoms with Gasteiger partial charge in [-0.15, -0.1) is 11.3 Å². The normalized spacial score (nSPS) is 15.2. The van der Waals surface area contributed by atoms with Gasteiger partial charge < -0.3 is 0 Å². The minimum atomic E-state index is -0.350. The summed E-state index contributed by atoms with van der Waals surface area (Å²) in [5.41, 5.74) is 4.04. The summed E-state index contributed by atoms with van der Waals surface area (Å²) >= 11 is 2.66. The average Bonchev–Trinajstić information content (AvgIpc) is 3.35. The number of thiophene rings is 1. The highest BCUT2D eigenvalue weighted by molar-refractivity contribution is 8.18. The summed E-state index contributed by atoms with van der Waals surface area (Å²) in [6, 6.07) is 22.5. The first-order chi connectivity index (χ1) is 14.2. The van der Waals surface area contributed by atoms with Crippen LogP contribution in [0.3, 0.4) is 0 Å². The fourth-order valence-electron chi connectivity index (χ4n) is 3.28. The molecule has 0 bridgehead atoms. The monoisotopic (exact) mass is 414 g/mol. The van der Waals surface area contributed by atoms with Crippen LogP contribution >= 0.6 is 23.1 Å². The van der Waals surface area contributed by atoms with Gasteiger partial charge in [-0.05, 0) is 59.3 Å². The van der Waals surface area contributed by atoms with Gasteiger partial charge in [-0.2, -0.15) is 0 Å². The first-order valence-corrected chi connectivity index (χ1v) is 10.6. The van der Waals surface area contributed by atoms with Crippen molar-refractivity contribution in [3.05, 3.63) is 83.4 Å². The molecule has 0 spiro atoms. The summed E-state index contributed by atoms with van der Waals surface area (Å²) in [5, 5.41) is 2.96. The molecule has 0 radical (unpaired) electrons. The summed E-state index contributed by atoms with van der Waals surface area (Å²) < 4.78 is 0. The van der Waals surface area contributed by atoms with Gasteiger partial charge in [0.1, 0.15) is 0 Å². The second-order valence-corrected chi connectivity index (χ2v) is 8.62. The van der Waals surface area contributed by atoms with E-state index in [-0.39, 0.29) is 11.1 Å². The van der Waals surface area contributed by atoms with Gasteiger partial charge in [-0.1, -0.05) is 36.4 Å². The summed E-state index contributed by atoms with van der Waals surface area (Å²) in [5.74, 6) is -0.350. The predicted molar refractivity (Wildman–Crippen MR) is 120 cm³/mol. The van der Waals surface area contributed by atoms with E-state index in [1.54, 1.807) is 17.4 Å². The largest absolute Gasteiger partial charge is 0.290 e. The molecule has 4 aromatic rings. The maximum Gasteiger partial charge on any atom is 0.290 e. The molecule has 6 heteroatoms. The van der Waals surface area contributed by atoms with Crippen LogP contribution < -0.4 is 5.32 Å². The van der Waals surface area contributed by atoms with Crippen molar-refractivity contribution >= 4 is 51.2 Å². The number of aromatic nitrogens is 1. The molecule has 1 saturated heterocycles. The van der Waals surface area contributed by atoms with E-state index in [1.807, 2.05) is 48.7 Å². The SMILES string of the molecule is O=C1NC(=O)/C(=C/c2ccc3nccc(-c4ccc(-c5ccccc5)s4)c3c2)S1. The predicted octanol–water partition coefficient (Wildman–Crippen LogP) is 5.95. The maximum absolute atomic E-state index is 11.8. The van der Waals surface area contributed by atoms with Crippen molar-refractivity contribution in [2.75, 3.05) is 0 Å². The first-order valence-electron chi connectivity index (χ1n) is 8.97. The Labute approximate surface area is 175 Å². The average molecular weight is 415 g/mol. The van der Waals surface area contributed by atoms with Crippen molar-refractivity contribution in [2.45, 2.75) is 0 Å². The van der Waals surface area contributed by atoms with Crippen molar-refractivity contribution in [2.24, 2.45) is 0 Å². The highest BCUT2D eigenvalue weighted by Gasteiger charge is 2.25. The Hall–Kier alpha value is -3.22. The topological polar surface area (TPSA) is 59.1 Å². The zero-order chi connectivity index (χ0) is 19.8. The molecule has 4 nitrogen and oxygen atoms in total. The Morgan fingerprint density at radius 1 is 0.897 bits per heavy atom. The molecule has 1 aliphatic heterocycles. The number of nitrogens with zero attached hydrogens (tertiary/aromatic N) is 1. The number of fused-ring (bicyclic) bond motifs is 1. The smallest absolute Gasteiger partial charge is 0.282 e. The quantitative estimate of drug-likeness (QED) is 0.421. The molecule has 3 heterocycles. The Morgan fingerprint density at radius 3 is 2.52 bits per heavy atom. The molecule has 29 heavy (non-hydrogen) atoms. The number of benzene rings is 2. The van der Waals surface area contributed by atoms with Crippen LogP contribution in [0.2, 0.25) is 0 Å². The number of carbonyl (C=O) groups is 2. The number of hydrogen-bond donors (Lipinski definition) is 1. The van der Waals surface area contributed by atoms with Crippen LogP contribution in [0.15, 0.2) is 77.8 Å². The second-order valence-electron chi connectivity index (χ2n) is 6.52. The fourth-order valence-corrected chi connectivity index (χ4v) is 5.01. The van der Waals surface area contributed by atoms with E-state index in [0.717, 1.165) is 38.7 Å². The van der Waals surface area contributed by atoms with Crippen LogP contribution in [-0.2, 0) is 4.79 Å². The molecule has 1 fully saturated rings. The summed E-state index contributed by atoms with van der Waals surface area (Å²) in [7, 11) is 0. The van der Waals surface area contributed by atoms with Gasteiger partial charge >= 0.3 is 0 Å². The van der Waals surface area contributed by atoms with Crippen molar-refractivity contribution < 1.29 is 9.59 Å². The Bertz CT molecular complexity index is 1290. The van der Waals surface area contributed by atoms with Gasteiger partial charge in [0.25, 0.3) is 11.1 Å². The number of amides is 2. The molecule has 140 valence electrons. The van der Waals surface area contributed by atoms with Gasteiger partial charge in [-0.3, -0.25) is 19.9 Å². The van der Waals surface area contributed by atoms with Gasteiger partial charge in [0, 0.05) is 26.9 Å². The Kier molecular flexibility index (Phi) is 4.50. The lowest BCUT2D eigenvalue weighted by Crippen LogP contribution is -2.17. The van der Waals surface area contributed by atoms with E-state index in [4.69, 9.17) is 0 Å². The molecule has 2 aromatic heterocycles. The molecule has 2 aromatic carbocycles. The summed E-state index contributed by atoms with van der Waals surface area (Å²) in [4.78, 5) is 30.5. The molecule has 0 atom stereocenters. The van der Waals surface area contributed by atoms with Crippen molar-refractivity contribution in [1.82, 2.24) is 10.3 Å². The van der Waals surface area contributed by atoms with Gasteiger partial charge in [0.2, 0.25) is 0 Å². The zero-order valence-electron chi connectivity index (χ0n) is 15.1. The minimum Gasteiger partial charge on any atom is -0.282 e. The lowest BCUT2D eigenvalue weighted by molar-refractivity contribution is -0.115. The Balaban J connectivity index is 1.58. The molecule has 0 aliphatic carbocycles. The number of carbonyl (C=O) groups excluding carboxylic acids is 2. The van der Waals surface area contributed by atoms with E-state index in [9.17, 15) is 9.59 Å². The Morgan fingerprint density at radius 2 is 1.72 bits per heavy atom. The van der Waals surface area contributed by atoms with Crippen LogP contribution in [-0.4, -0.2) is 16.1 Å². The highest BCUT2D eigenvalue weighted by Crippen LogP contribution is 2.37. The number of hydrogen-bond acceptors (Lipinski definition) is 5. The third kappa shape index (κ3) is 3.48. The molecule has 0 saturated carbocycles. The highest BCUT2D eigenvalue weighted by atomic mass is 32.2. The molecule has 0 unspecified atom stereocenters. The van der Waals surface area contributed by atoms with E-state index in [1.165, 1.54) is 10.4 Å². The standard InChI is InChI=1S/C23H14N2O2S2/c26-22-21(29-23(27)25-22)13-14-6-7-18-17(12-14)16(10-11-24-18)20-9-8-19(28-20)15-4-2-1-3-5-15/h1-13H,(H,25,26,27)/b21-13-. The van der Waals surface area contributed by atoms with E-state index in [2.05, 4.69) is 34.6 Å². The van der Waals surface area contributed by atoms with Crippen molar-refractivity contribution in [3.8, 4) is 20.9 Å². The third-order valence-electron chi connectivity index (χ3n) is 4.64. The van der Waals surface area contributed by atoms with Crippen LogP contribution in [0.1, 0.15) is 5.56 Å². The lowest BCUT2D eigenvalue weighted by Gasteiger charge is -2.06. The number of nitrogens with one attached hydrogen (secondary N) is 1. The zero-order valence-corrected chi connectivity index (χ0v) is 16.7. The number of imide groups is 1. The van der Waals surface area contributed by atoms with Gasteiger partial charge in [0.05, 0.1) is 10.4 Å².